The molecule has 96 valence electrons. The molecule has 1 heterocycles. The third kappa shape index (κ3) is 2.17. The summed E-state index contributed by atoms with van der Waals surface area (Å²) in [6, 6.07) is 9.26. The number of hydrogen-bond donors (Lipinski definition) is 2. The molecule has 3 aromatic rings. The van der Waals surface area contributed by atoms with Crippen LogP contribution in [0.1, 0.15) is 0 Å². The highest BCUT2D eigenvalue weighted by Crippen LogP contribution is 2.40. The third-order valence-corrected chi connectivity index (χ3v) is 4.94. The minimum Gasteiger partial charge on any atom is -0.506 e. The van der Waals surface area contributed by atoms with Crippen LogP contribution in [-0.4, -0.2) is 15.1 Å². The van der Waals surface area contributed by atoms with E-state index in [-0.39, 0.29) is 5.75 Å². The predicted molar refractivity (Wildman–Crippen MR) is 85.9 cm³/mol. The first-order chi connectivity index (χ1) is 9.08. The molecule has 3 nitrogen and oxygen atoms in total. The van der Waals surface area contributed by atoms with Crippen LogP contribution in [0.4, 0.5) is 0 Å². The van der Waals surface area contributed by atoms with Crippen molar-refractivity contribution < 1.29 is 5.11 Å². The lowest BCUT2D eigenvalue weighted by molar-refractivity contribution is 0.473. The summed E-state index contributed by atoms with van der Waals surface area (Å²) in [5.41, 5.74) is 2.27. The van der Waals surface area contributed by atoms with Crippen molar-refractivity contribution in [1.82, 2.24) is 9.97 Å². The number of phenolic OH excluding ortho intramolecular Hbond substituents is 1. The number of fused-ring (bicyclic) bond motifs is 1. The molecular weight excluding hydrogens is 398 g/mol. The minimum absolute atomic E-state index is 0.0778. The molecule has 0 fully saturated rings. The molecule has 3 rings (SSSR count). The van der Waals surface area contributed by atoms with Crippen LogP contribution in [0.25, 0.3) is 22.4 Å². The van der Waals surface area contributed by atoms with Crippen molar-refractivity contribution in [3.05, 3.63) is 43.9 Å². The van der Waals surface area contributed by atoms with Gasteiger partial charge in [-0.15, -0.1) is 0 Å². The van der Waals surface area contributed by atoms with E-state index in [1.165, 1.54) is 0 Å². The number of aromatic amines is 1. The molecule has 0 radical (unpaired) electrons. The molecule has 0 bridgehead atoms. The summed E-state index contributed by atoms with van der Waals surface area (Å²) in [6.07, 6.45) is 0. The van der Waals surface area contributed by atoms with Crippen molar-refractivity contribution in [1.29, 1.82) is 0 Å². The zero-order valence-electron chi connectivity index (χ0n) is 9.42. The van der Waals surface area contributed by atoms with Gasteiger partial charge in [-0.25, -0.2) is 4.98 Å². The summed E-state index contributed by atoms with van der Waals surface area (Å²) >= 11 is 14.0. The second kappa shape index (κ2) is 4.85. The lowest BCUT2D eigenvalue weighted by atomic mass is 10.2. The van der Waals surface area contributed by atoms with Crippen LogP contribution in [-0.2, 0) is 0 Å². The maximum Gasteiger partial charge on any atom is 0.142 e. The van der Waals surface area contributed by atoms with Crippen molar-refractivity contribution in [3.8, 4) is 17.1 Å². The first-order valence-corrected chi connectivity index (χ1v) is 7.23. The molecule has 0 saturated carbocycles. The fourth-order valence-corrected chi connectivity index (χ4v) is 2.93. The molecule has 2 N–H and O–H groups in total. The van der Waals surface area contributed by atoms with Crippen molar-refractivity contribution >= 4 is 56.8 Å². The number of hydrogen-bond acceptors (Lipinski definition) is 2. The predicted octanol–water partition coefficient (Wildman–Crippen LogP) is 4.85. The van der Waals surface area contributed by atoms with E-state index in [2.05, 4.69) is 9.97 Å². The van der Waals surface area contributed by atoms with Gasteiger partial charge in [-0.3, -0.25) is 0 Å². The highest BCUT2D eigenvalue weighted by Gasteiger charge is 2.17. The molecule has 0 atom stereocenters. The van der Waals surface area contributed by atoms with Crippen molar-refractivity contribution in [2.45, 2.75) is 0 Å². The smallest absolute Gasteiger partial charge is 0.142 e. The fourth-order valence-electron chi connectivity index (χ4n) is 1.85. The number of halogens is 3. The zero-order valence-corrected chi connectivity index (χ0v) is 13.1. The number of phenols is 1. The van der Waals surface area contributed by atoms with Gasteiger partial charge in [0, 0.05) is 0 Å². The zero-order chi connectivity index (χ0) is 13.6. The molecule has 6 heteroatoms. The molecule has 0 spiro atoms. The number of para-hydroxylation sites is 2. The Balaban J connectivity index is 2.27. The Hall–Kier alpha value is -0.980. The summed E-state index contributed by atoms with van der Waals surface area (Å²) in [5, 5.41) is 10.9. The molecule has 0 saturated heterocycles. The maximum atomic E-state index is 10.2. The lowest BCUT2D eigenvalue weighted by Crippen LogP contribution is -1.87. The van der Waals surface area contributed by atoms with Gasteiger partial charge in [0.1, 0.15) is 11.6 Å². The van der Waals surface area contributed by atoms with Gasteiger partial charge >= 0.3 is 0 Å². The Morgan fingerprint density at radius 2 is 1.95 bits per heavy atom. The number of aromatic nitrogens is 2. The molecule has 0 aliphatic heterocycles. The van der Waals surface area contributed by atoms with Crippen LogP contribution < -0.4 is 0 Å². The number of nitrogens with zero attached hydrogens (tertiary/aromatic N) is 1. The van der Waals surface area contributed by atoms with Crippen molar-refractivity contribution in [2.75, 3.05) is 0 Å². The fraction of sp³-hybridized carbons (Fsp3) is 0. The summed E-state index contributed by atoms with van der Waals surface area (Å²) < 4.78 is 0.516. The summed E-state index contributed by atoms with van der Waals surface area (Å²) in [5.74, 6) is 0.643. The van der Waals surface area contributed by atoms with Crippen LogP contribution in [0.15, 0.2) is 30.3 Å². The van der Waals surface area contributed by atoms with Crippen LogP contribution >= 0.6 is 45.8 Å². The second-order valence-electron chi connectivity index (χ2n) is 3.99. The SMILES string of the molecule is Oc1c(-c2nc3ccccc3[nH]2)cc(Cl)c(Cl)c1I. The molecule has 2 aromatic carbocycles. The average molecular weight is 405 g/mol. The quantitative estimate of drug-likeness (QED) is 0.450. The first-order valence-electron chi connectivity index (χ1n) is 5.39. The minimum atomic E-state index is 0.0778. The standard InChI is InChI=1S/C13H7Cl2IN2O/c14-7-5-6(12(19)11(16)10(7)15)13-17-8-3-1-2-4-9(8)18-13/h1-5,19H,(H,17,18). The van der Waals surface area contributed by atoms with E-state index >= 15 is 0 Å². The average Bonchev–Trinajstić information content (AvgIpc) is 2.84. The number of aromatic hydroxyl groups is 1. The Kier molecular flexibility index (Phi) is 3.32. The molecule has 0 unspecified atom stereocenters. The van der Waals surface area contributed by atoms with Gasteiger partial charge in [0.15, 0.2) is 0 Å². The van der Waals surface area contributed by atoms with Crippen molar-refractivity contribution in [3.63, 3.8) is 0 Å². The van der Waals surface area contributed by atoms with Crippen LogP contribution in [0.5, 0.6) is 5.75 Å². The molecule has 1 aromatic heterocycles. The Labute approximate surface area is 132 Å². The second-order valence-corrected chi connectivity index (χ2v) is 5.85. The van der Waals surface area contributed by atoms with E-state index in [0.717, 1.165) is 11.0 Å². The number of H-pyrrole nitrogens is 1. The summed E-state index contributed by atoms with van der Waals surface area (Å²) in [6.45, 7) is 0. The van der Waals surface area contributed by atoms with Gasteiger partial charge in [0.25, 0.3) is 0 Å². The number of nitrogens with one attached hydrogen (secondary N) is 1. The van der Waals surface area contributed by atoms with Gasteiger partial charge in [0.2, 0.25) is 0 Å². The van der Waals surface area contributed by atoms with Crippen LogP contribution in [0, 0.1) is 3.57 Å². The van der Waals surface area contributed by atoms with Gasteiger partial charge in [-0.1, -0.05) is 35.3 Å². The highest BCUT2D eigenvalue weighted by atomic mass is 127. The lowest BCUT2D eigenvalue weighted by Gasteiger charge is -2.07. The number of imidazole rings is 1. The maximum absolute atomic E-state index is 10.2. The molecule has 19 heavy (non-hydrogen) atoms. The van der Waals surface area contributed by atoms with Crippen LogP contribution in [0.2, 0.25) is 10.0 Å². The van der Waals surface area contributed by atoms with E-state index in [9.17, 15) is 5.11 Å². The normalized spacial score (nSPS) is 11.1. The monoisotopic (exact) mass is 404 g/mol. The third-order valence-electron chi connectivity index (χ3n) is 2.78. The van der Waals surface area contributed by atoms with Crippen LogP contribution in [0.3, 0.4) is 0 Å². The Morgan fingerprint density at radius 1 is 1.21 bits per heavy atom. The van der Waals surface area contributed by atoms with E-state index in [1.54, 1.807) is 6.07 Å². The van der Waals surface area contributed by atoms with Gasteiger partial charge in [0.05, 0.1) is 30.2 Å². The Bertz CT molecular complexity index is 753. The van der Waals surface area contributed by atoms with Gasteiger partial charge in [-0.05, 0) is 40.8 Å². The molecule has 0 amide bonds. The molecule has 0 aliphatic carbocycles. The topological polar surface area (TPSA) is 48.9 Å². The van der Waals surface area contributed by atoms with Crippen molar-refractivity contribution in [2.24, 2.45) is 0 Å². The van der Waals surface area contributed by atoms with E-state index in [1.807, 2.05) is 46.9 Å². The number of rotatable bonds is 1. The molecular formula is C13H7Cl2IN2O. The first kappa shape index (κ1) is 13.0. The van der Waals surface area contributed by atoms with E-state index < -0.39 is 0 Å². The summed E-state index contributed by atoms with van der Waals surface area (Å²) in [7, 11) is 0. The summed E-state index contributed by atoms with van der Waals surface area (Å²) in [4.78, 5) is 7.59. The van der Waals surface area contributed by atoms with Gasteiger partial charge in [-0.2, -0.15) is 0 Å². The number of benzene rings is 2. The van der Waals surface area contributed by atoms with E-state index in [0.29, 0.717) is 25.0 Å². The van der Waals surface area contributed by atoms with Gasteiger partial charge < -0.3 is 10.1 Å². The Morgan fingerprint density at radius 3 is 2.68 bits per heavy atom. The largest absolute Gasteiger partial charge is 0.506 e. The van der Waals surface area contributed by atoms with E-state index in [4.69, 9.17) is 23.2 Å². The highest BCUT2D eigenvalue weighted by molar-refractivity contribution is 14.1. The molecule has 0 aliphatic rings.